The van der Waals surface area contributed by atoms with Crippen molar-refractivity contribution in [1.82, 2.24) is 19.9 Å². The summed E-state index contributed by atoms with van der Waals surface area (Å²) in [5.41, 5.74) is 5.12. The number of nitrogen functional groups attached to an aromatic ring is 1. The third-order valence-electron chi connectivity index (χ3n) is 3.91. The average molecular weight is 380 g/mol. The van der Waals surface area contributed by atoms with E-state index in [-0.39, 0.29) is 30.5 Å². The van der Waals surface area contributed by atoms with Crippen LogP contribution in [-0.2, 0) is 20.9 Å². The molecule has 2 heterocycles. The van der Waals surface area contributed by atoms with Gasteiger partial charge in [0, 0.05) is 27.2 Å². The molecular formula is C17H28N6O4. The number of piperidine rings is 1. The molecule has 1 fully saturated rings. The molecule has 150 valence electrons. The second kappa shape index (κ2) is 8.36. The second-order valence-electron chi connectivity index (χ2n) is 7.65. The van der Waals surface area contributed by atoms with E-state index in [1.54, 1.807) is 23.9 Å². The number of nitrogens with two attached hydrogens (primary N) is 1. The van der Waals surface area contributed by atoms with Gasteiger partial charge >= 0.3 is 12.1 Å². The summed E-state index contributed by atoms with van der Waals surface area (Å²) in [5.74, 6) is 0.177. The van der Waals surface area contributed by atoms with Crippen molar-refractivity contribution in [3.05, 3.63) is 5.82 Å². The van der Waals surface area contributed by atoms with Crippen LogP contribution in [0, 0.1) is 5.92 Å². The van der Waals surface area contributed by atoms with Gasteiger partial charge in [-0.05, 0) is 33.6 Å². The predicted octanol–water partition coefficient (Wildman–Crippen LogP) is 1.21. The van der Waals surface area contributed by atoms with Gasteiger partial charge in [0.25, 0.3) is 0 Å². The van der Waals surface area contributed by atoms with Crippen LogP contribution in [0.25, 0.3) is 0 Å². The van der Waals surface area contributed by atoms with Crippen LogP contribution in [0.3, 0.4) is 0 Å². The first-order chi connectivity index (χ1) is 12.5. The van der Waals surface area contributed by atoms with Crippen molar-refractivity contribution in [2.45, 2.75) is 45.8 Å². The van der Waals surface area contributed by atoms with Gasteiger partial charge in [-0.15, -0.1) is 0 Å². The number of carbonyl (C=O) groups is 2. The molecule has 2 N–H and O–H groups in total. The summed E-state index contributed by atoms with van der Waals surface area (Å²) >= 11 is 0. The maximum Gasteiger partial charge on any atom is 0.410 e. The Balaban J connectivity index is 1.84. The van der Waals surface area contributed by atoms with E-state index in [4.69, 9.17) is 15.2 Å². The van der Waals surface area contributed by atoms with Gasteiger partial charge in [-0.25, -0.2) is 4.79 Å². The lowest BCUT2D eigenvalue weighted by Gasteiger charge is -2.32. The molecule has 0 aliphatic carbocycles. The normalized spacial score (nSPS) is 15.4. The van der Waals surface area contributed by atoms with Crippen molar-refractivity contribution in [1.29, 1.82) is 0 Å². The summed E-state index contributed by atoms with van der Waals surface area (Å²) in [4.78, 5) is 39.9. The number of ether oxygens (including phenoxy) is 2. The number of carbonyl (C=O) groups excluding carboxylic acids is 2. The maximum atomic E-state index is 12.3. The number of aromatic nitrogens is 3. The van der Waals surface area contributed by atoms with Crippen molar-refractivity contribution in [3.63, 3.8) is 0 Å². The van der Waals surface area contributed by atoms with E-state index in [0.29, 0.717) is 37.7 Å². The Labute approximate surface area is 159 Å². The molecule has 0 unspecified atom stereocenters. The predicted molar refractivity (Wildman–Crippen MR) is 98.9 cm³/mol. The van der Waals surface area contributed by atoms with Crippen molar-refractivity contribution in [3.8, 4) is 0 Å². The van der Waals surface area contributed by atoms with Gasteiger partial charge in [0.2, 0.25) is 11.9 Å². The molecule has 1 amide bonds. The number of rotatable bonds is 4. The van der Waals surface area contributed by atoms with Crippen LogP contribution < -0.4 is 10.6 Å². The molecule has 1 aromatic heterocycles. The molecule has 2 rings (SSSR count). The standard InChI is InChI=1S/C17H28N6O4/c1-17(2,3)27-16(25)23-8-6-11(7-9-23)13(24)26-10-12-19-14(18)21-15(20-12)22(4)5/h11H,6-10H2,1-5H3,(H2,18,19,20,21). The first-order valence-corrected chi connectivity index (χ1v) is 8.87. The van der Waals surface area contributed by atoms with Gasteiger partial charge in [-0.3, -0.25) is 4.79 Å². The first kappa shape index (κ1) is 20.7. The van der Waals surface area contributed by atoms with Gasteiger partial charge in [0.1, 0.15) is 5.60 Å². The van der Waals surface area contributed by atoms with Crippen LogP contribution in [0.5, 0.6) is 0 Å². The smallest absolute Gasteiger partial charge is 0.410 e. The number of esters is 1. The summed E-state index contributed by atoms with van der Waals surface area (Å²) in [6, 6.07) is 0. The molecule has 1 saturated heterocycles. The minimum absolute atomic E-state index is 0.0708. The van der Waals surface area contributed by atoms with E-state index in [9.17, 15) is 9.59 Å². The van der Waals surface area contributed by atoms with E-state index in [0.717, 1.165) is 0 Å². The van der Waals surface area contributed by atoms with Crippen molar-refractivity contribution < 1.29 is 19.1 Å². The molecule has 10 heteroatoms. The van der Waals surface area contributed by atoms with Crippen molar-refractivity contribution in [2.24, 2.45) is 5.92 Å². The average Bonchev–Trinajstić information content (AvgIpc) is 2.57. The molecule has 0 saturated carbocycles. The van der Waals surface area contributed by atoms with Crippen LogP contribution in [0.4, 0.5) is 16.7 Å². The molecule has 1 aliphatic heterocycles. The summed E-state index contributed by atoms with van der Waals surface area (Å²) in [6.45, 7) is 6.31. The molecular weight excluding hydrogens is 352 g/mol. The maximum absolute atomic E-state index is 12.3. The van der Waals surface area contributed by atoms with E-state index in [1.165, 1.54) is 0 Å². The van der Waals surface area contributed by atoms with Crippen LogP contribution in [0.1, 0.15) is 39.4 Å². The fourth-order valence-electron chi connectivity index (χ4n) is 2.57. The molecule has 1 aromatic rings. The lowest BCUT2D eigenvalue weighted by molar-refractivity contribution is -0.151. The topological polar surface area (TPSA) is 124 Å². The van der Waals surface area contributed by atoms with E-state index >= 15 is 0 Å². The van der Waals surface area contributed by atoms with Gasteiger partial charge < -0.3 is 25.0 Å². The molecule has 0 spiro atoms. The number of amides is 1. The number of nitrogens with zero attached hydrogens (tertiary/aromatic N) is 5. The fourth-order valence-corrected chi connectivity index (χ4v) is 2.57. The zero-order valence-electron chi connectivity index (χ0n) is 16.6. The van der Waals surface area contributed by atoms with Gasteiger partial charge in [0.05, 0.1) is 5.92 Å². The van der Waals surface area contributed by atoms with Crippen LogP contribution >= 0.6 is 0 Å². The number of anilines is 2. The second-order valence-corrected chi connectivity index (χ2v) is 7.65. The Morgan fingerprint density at radius 1 is 1.19 bits per heavy atom. The van der Waals surface area contributed by atoms with Crippen LogP contribution in [0.15, 0.2) is 0 Å². The monoisotopic (exact) mass is 380 g/mol. The molecule has 27 heavy (non-hydrogen) atoms. The highest BCUT2D eigenvalue weighted by Gasteiger charge is 2.30. The molecule has 1 aliphatic rings. The first-order valence-electron chi connectivity index (χ1n) is 8.87. The Morgan fingerprint density at radius 2 is 1.81 bits per heavy atom. The zero-order chi connectivity index (χ0) is 20.2. The summed E-state index contributed by atoms with van der Waals surface area (Å²) in [5, 5.41) is 0. The summed E-state index contributed by atoms with van der Waals surface area (Å²) in [6.07, 6.45) is 0.701. The van der Waals surface area contributed by atoms with E-state index < -0.39 is 5.60 Å². The van der Waals surface area contributed by atoms with Gasteiger partial charge in [-0.1, -0.05) is 0 Å². The molecule has 0 radical (unpaired) electrons. The molecule has 0 bridgehead atoms. The summed E-state index contributed by atoms with van der Waals surface area (Å²) in [7, 11) is 3.56. The lowest BCUT2D eigenvalue weighted by Crippen LogP contribution is -2.43. The van der Waals surface area contributed by atoms with Crippen molar-refractivity contribution >= 4 is 24.0 Å². The Hall–Kier alpha value is -2.65. The zero-order valence-corrected chi connectivity index (χ0v) is 16.6. The lowest BCUT2D eigenvalue weighted by atomic mass is 9.97. The Kier molecular flexibility index (Phi) is 6.40. The highest BCUT2D eigenvalue weighted by atomic mass is 16.6. The third-order valence-corrected chi connectivity index (χ3v) is 3.91. The van der Waals surface area contributed by atoms with Gasteiger partial charge in [0.15, 0.2) is 12.4 Å². The SMILES string of the molecule is CN(C)c1nc(N)nc(COC(=O)C2CCN(C(=O)OC(C)(C)C)CC2)n1. The Morgan fingerprint density at radius 3 is 2.37 bits per heavy atom. The summed E-state index contributed by atoms with van der Waals surface area (Å²) < 4.78 is 10.7. The van der Waals surface area contributed by atoms with Gasteiger partial charge in [-0.2, -0.15) is 15.0 Å². The van der Waals surface area contributed by atoms with Crippen molar-refractivity contribution in [2.75, 3.05) is 37.8 Å². The fraction of sp³-hybridized carbons (Fsp3) is 0.706. The highest BCUT2D eigenvalue weighted by molar-refractivity contribution is 5.73. The minimum Gasteiger partial charge on any atom is -0.457 e. The Bertz CT molecular complexity index is 680. The van der Waals surface area contributed by atoms with Crippen LogP contribution in [0.2, 0.25) is 0 Å². The number of hydrogen-bond donors (Lipinski definition) is 1. The molecule has 0 aromatic carbocycles. The highest BCUT2D eigenvalue weighted by Crippen LogP contribution is 2.21. The number of hydrogen-bond acceptors (Lipinski definition) is 9. The quantitative estimate of drug-likeness (QED) is 0.767. The largest absolute Gasteiger partial charge is 0.457 e. The number of likely N-dealkylation sites (tertiary alicyclic amines) is 1. The third kappa shape index (κ3) is 6.22. The van der Waals surface area contributed by atoms with E-state index in [2.05, 4.69) is 15.0 Å². The molecule has 0 atom stereocenters. The minimum atomic E-state index is -0.537. The van der Waals surface area contributed by atoms with E-state index in [1.807, 2.05) is 20.8 Å². The molecule has 10 nitrogen and oxygen atoms in total. The van der Waals surface area contributed by atoms with Crippen LogP contribution in [-0.4, -0.2) is 64.7 Å².